The molecule has 3 rings (SSSR count). The van der Waals surface area contributed by atoms with Gasteiger partial charge in [-0.3, -0.25) is 9.97 Å². The molecule has 1 fully saturated rings. The van der Waals surface area contributed by atoms with Crippen LogP contribution in [-0.4, -0.2) is 40.6 Å². The molecular formula is C19H24N4O2. The van der Waals surface area contributed by atoms with Gasteiger partial charge in [0.1, 0.15) is 5.75 Å². The number of ether oxygens (including phenoxy) is 1. The summed E-state index contributed by atoms with van der Waals surface area (Å²) in [6.45, 7) is 1.94. The van der Waals surface area contributed by atoms with Crippen LogP contribution in [0.15, 0.2) is 49.1 Å². The van der Waals surface area contributed by atoms with Crippen LogP contribution in [0.5, 0.6) is 5.75 Å². The van der Waals surface area contributed by atoms with Gasteiger partial charge in [0.25, 0.3) is 0 Å². The Balaban J connectivity index is 1.45. The molecule has 0 aliphatic carbocycles. The summed E-state index contributed by atoms with van der Waals surface area (Å²) < 4.78 is 5.59. The lowest BCUT2D eigenvalue weighted by atomic mass is 9.97. The standard InChI is InChI=1S/C19H24N4O2/c24-19(22-11-5-13-25-17-7-4-10-21-15-17)23-12-2-1-8-18(23)16-6-3-9-20-14-16/h3-4,6-7,9-10,14-15,18H,1-2,5,8,11-13H2,(H,22,24)/t18-/m1/s1. The lowest BCUT2D eigenvalue weighted by Crippen LogP contribution is -2.45. The molecule has 0 unspecified atom stereocenters. The molecule has 0 radical (unpaired) electrons. The minimum absolute atomic E-state index is 0.00469. The highest BCUT2D eigenvalue weighted by molar-refractivity contribution is 5.74. The molecule has 1 saturated heterocycles. The van der Waals surface area contributed by atoms with E-state index in [1.165, 1.54) is 0 Å². The zero-order chi connectivity index (χ0) is 17.3. The first-order valence-electron chi connectivity index (χ1n) is 8.82. The van der Waals surface area contributed by atoms with Gasteiger partial charge >= 0.3 is 6.03 Å². The molecule has 2 aromatic heterocycles. The maximum atomic E-state index is 12.6. The fraction of sp³-hybridized carbons (Fsp3) is 0.421. The minimum Gasteiger partial charge on any atom is -0.492 e. The molecule has 3 heterocycles. The van der Waals surface area contributed by atoms with Gasteiger partial charge in [-0.15, -0.1) is 0 Å². The van der Waals surface area contributed by atoms with Crippen LogP contribution in [0.1, 0.15) is 37.3 Å². The van der Waals surface area contributed by atoms with E-state index in [0.29, 0.717) is 13.2 Å². The van der Waals surface area contributed by atoms with Crippen molar-refractivity contribution in [1.29, 1.82) is 0 Å². The first-order valence-corrected chi connectivity index (χ1v) is 8.82. The summed E-state index contributed by atoms with van der Waals surface area (Å²) in [6.07, 6.45) is 11.0. The molecule has 132 valence electrons. The second-order valence-corrected chi connectivity index (χ2v) is 6.11. The number of hydrogen-bond donors (Lipinski definition) is 1. The second-order valence-electron chi connectivity index (χ2n) is 6.11. The number of likely N-dealkylation sites (tertiary alicyclic amines) is 1. The number of nitrogens with one attached hydrogen (secondary N) is 1. The van der Waals surface area contributed by atoms with Crippen molar-refractivity contribution in [2.75, 3.05) is 19.7 Å². The average Bonchev–Trinajstić information content (AvgIpc) is 2.69. The van der Waals surface area contributed by atoms with Crippen molar-refractivity contribution in [2.24, 2.45) is 0 Å². The third-order valence-electron chi connectivity index (χ3n) is 4.33. The van der Waals surface area contributed by atoms with Crippen molar-refractivity contribution < 1.29 is 9.53 Å². The highest BCUT2D eigenvalue weighted by atomic mass is 16.5. The van der Waals surface area contributed by atoms with E-state index < -0.39 is 0 Å². The predicted molar refractivity (Wildman–Crippen MR) is 95.3 cm³/mol. The van der Waals surface area contributed by atoms with Gasteiger partial charge < -0.3 is 15.0 Å². The minimum atomic E-state index is -0.00469. The van der Waals surface area contributed by atoms with Crippen LogP contribution in [0.25, 0.3) is 0 Å². The molecular weight excluding hydrogens is 316 g/mol. The Morgan fingerprint density at radius 2 is 2.04 bits per heavy atom. The fourth-order valence-electron chi connectivity index (χ4n) is 3.09. The van der Waals surface area contributed by atoms with E-state index in [-0.39, 0.29) is 12.1 Å². The fourth-order valence-corrected chi connectivity index (χ4v) is 3.09. The summed E-state index contributed by atoms with van der Waals surface area (Å²) in [4.78, 5) is 22.7. The maximum Gasteiger partial charge on any atom is 0.317 e. The van der Waals surface area contributed by atoms with Gasteiger partial charge in [-0.1, -0.05) is 6.07 Å². The Kier molecular flexibility index (Phi) is 6.20. The van der Waals surface area contributed by atoms with Crippen molar-refractivity contribution in [3.8, 4) is 5.75 Å². The van der Waals surface area contributed by atoms with Crippen LogP contribution in [0.4, 0.5) is 4.79 Å². The van der Waals surface area contributed by atoms with Crippen molar-refractivity contribution in [2.45, 2.75) is 31.7 Å². The normalized spacial score (nSPS) is 17.1. The Morgan fingerprint density at radius 3 is 2.80 bits per heavy atom. The molecule has 2 aromatic rings. The smallest absolute Gasteiger partial charge is 0.317 e. The van der Waals surface area contributed by atoms with Crippen LogP contribution in [0.3, 0.4) is 0 Å². The van der Waals surface area contributed by atoms with Crippen LogP contribution in [0, 0.1) is 0 Å². The van der Waals surface area contributed by atoms with Crippen molar-refractivity contribution >= 4 is 6.03 Å². The Labute approximate surface area is 148 Å². The topological polar surface area (TPSA) is 67.3 Å². The first kappa shape index (κ1) is 17.2. The maximum absolute atomic E-state index is 12.6. The summed E-state index contributed by atoms with van der Waals surface area (Å²) in [5, 5.41) is 3.01. The van der Waals surface area contributed by atoms with Crippen LogP contribution in [0.2, 0.25) is 0 Å². The third-order valence-corrected chi connectivity index (χ3v) is 4.33. The zero-order valence-electron chi connectivity index (χ0n) is 14.3. The van der Waals surface area contributed by atoms with Crippen molar-refractivity contribution in [3.63, 3.8) is 0 Å². The molecule has 0 aromatic carbocycles. The van der Waals surface area contributed by atoms with Crippen molar-refractivity contribution in [1.82, 2.24) is 20.2 Å². The lowest BCUT2D eigenvalue weighted by Gasteiger charge is -2.35. The highest BCUT2D eigenvalue weighted by Gasteiger charge is 2.27. The molecule has 6 heteroatoms. The van der Waals surface area contributed by atoms with Crippen LogP contribution >= 0.6 is 0 Å². The number of aromatic nitrogens is 2. The number of rotatable bonds is 6. The Bertz CT molecular complexity index is 651. The summed E-state index contributed by atoms with van der Waals surface area (Å²) in [5.74, 6) is 0.751. The van der Waals surface area contributed by atoms with Gasteiger partial charge in [-0.2, -0.15) is 0 Å². The summed E-state index contributed by atoms with van der Waals surface area (Å²) in [7, 11) is 0. The van der Waals surface area contributed by atoms with Crippen LogP contribution in [-0.2, 0) is 0 Å². The Morgan fingerprint density at radius 1 is 1.20 bits per heavy atom. The predicted octanol–water partition coefficient (Wildman–Crippen LogP) is 3.18. The number of pyridine rings is 2. The highest BCUT2D eigenvalue weighted by Crippen LogP contribution is 2.30. The molecule has 1 aliphatic heterocycles. The molecule has 0 spiro atoms. The van der Waals surface area contributed by atoms with Gasteiger partial charge in [0, 0.05) is 31.7 Å². The SMILES string of the molecule is O=C(NCCCOc1cccnc1)N1CCCC[C@@H]1c1cccnc1. The molecule has 1 atom stereocenters. The molecule has 25 heavy (non-hydrogen) atoms. The number of nitrogens with zero attached hydrogens (tertiary/aromatic N) is 3. The summed E-state index contributed by atoms with van der Waals surface area (Å²) in [6, 6.07) is 7.80. The van der Waals surface area contributed by atoms with Gasteiger partial charge in [0.05, 0.1) is 18.8 Å². The van der Waals surface area contributed by atoms with E-state index in [9.17, 15) is 4.79 Å². The summed E-state index contributed by atoms with van der Waals surface area (Å²) >= 11 is 0. The molecule has 6 nitrogen and oxygen atoms in total. The largest absolute Gasteiger partial charge is 0.492 e. The summed E-state index contributed by atoms with van der Waals surface area (Å²) in [5.41, 5.74) is 1.11. The van der Waals surface area contributed by atoms with E-state index in [0.717, 1.165) is 43.5 Å². The zero-order valence-corrected chi connectivity index (χ0v) is 14.3. The van der Waals surface area contributed by atoms with Gasteiger partial charge in [-0.25, -0.2) is 4.79 Å². The monoisotopic (exact) mass is 340 g/mol. The van der Waals surface area contributed by atoms with E-state index in [4.69, 9.17) is 4.74 Å². The van der Waals surface area contributed by atoms with E-state index >= 15 is 0 Å². The average molecular weight is 340 g/mol. The quantitative estimate of drug-likeness (QED) is 0.820. The number of carbonyl (C=O) groups is 1. The number of piperidine rings is 1. The van der Waals surface area contributed by atoms with Crippen molar-refractivity contribution in [3.05, 3.63) is 54.6 Å². The van der Waals surface area contributed by atoms with Gasteiger partial charge in [0.15, 0.2) is 0 Å². The lowest BCUT2D eigenvalue weighted by molar-refractivity contribution is 0.151. The first-order chi connectivity index (χ1) is 12.3. The molecule has 1 N–H and O–H groups in total. The Hall–Kier alpha value is -2.63. The molecule has 1 aliphatic rings. The van der Waals surface area contributed by atoms with Crippen LogP contribution < -0.4 is 10.1 Å². The number of amides is 2. The van der Waals surface area contributed by atoms with E-state index in [1.54, 1.807) is 18.6 Å². The van der Waals surface area contributed by atoms with E-state index in [1.807, 2.05) is 35.4 Å². The van der Waals surface area contributed by atoms with Gasteiger partial charge in [-0.05, 0) is 49.4 Å². The number of carbonyl (C=O) groups excluding carboxylic acids is 1. The third kappa shape index (κ3) is 4.92. The second kappa shape index (κ2) is 9.01. The number of urea groups is 1. The van der Waals surface area contributed by atoms with Gasteiger partial charge in [0.2, 0.25) is 0 Å². The molecule has 2 amide bonds. The molecule has 0 saturated carbocycles. The van der Waals surface area contributed by atoms with E-state index in [2.05, 4.69) is 15.3 Å². The molecule has 0 bridgehead atoms. The number of hydrogen-bond acceptors (Lipinski definition) is 4.